The van der Waals surface area contributed by atoms with Crippen molar-refractivity contribution >= 4 is 33.7 Å². The first-order valence-corrected chi connectivity index (χ1v) is 8.21. The van der Waals surface area contributed by atoms with Crippen molar-refractivity contribution in [1.29, 1.82) is 0 Å². The summed E-state index contributed by atoms with van der Waals surface area (Å²) in [4.78, 5) is 17.0. The van der Waals surface area contributed by atoms with Crippen LogP contribution in [-0.2, 0) is 4.79 Å². The Morgan fingerprint density at radius 2 is 2.18 bits per heavy atom. The zero-order chi connectivity index (χ0) is 12.3. The molecule has 0 amide bonds. The van der Waals surface area contributed by atoms with Crippen LogP contribution in [0.25, 0.3) is 0 Å². The van der Waals surface area contributed by atoms with Crippen molar-refractivity contribution in [3.05, 3.63) is 0 Å². The highest BCUT2D eigenvalue weighted by Gasteiger charge is 2.66. The van der Waals surface area contributed by atoms with Crippen LogP contribution in [0.5, 0.6) is 0 Å². The molecule has 17 heavy (non-hydrogen) atoms. The summed E-state index contributed by atoms with van der Waals surface area (Å²) in [6, 6.07) is 0. The number of Topliss-reactive ketones (excluding diaryl/α,β-unsaturated/α-hetero) is 1. The van der Waals surface area contributed by atoms with Gasteiger partial charge in [-0.2, -0.15) is 0 Å². The summed E-state index contributed by atoms with van der Waals surface area (Å²) in [6.07, 6.45) is 2.30. The lowest BCUT2D eigenvalue weighted by molar-refractivity contribution is -0.122. The molecule has 0 radical (unpaired) electrons. The first-order valence-electron chi connectivity index (χ1n) is 6.34. The van der Waals surface area contributed by atoms with E-state index in [0.29, 0.717) is 5.78 Å². The average Bonchev–Trinajstić information content (AvgIpc) is 2.86. The van der Waals surface area contributed by atoms with E-state index >= 15 is 0 Å². The molecule has 0 aromatic rings. The predicted molar refractivity (Wildman–Crippen MR) is 75.8 cm³/mol. The van der Waals surface area contributed by atoms with Crippen molar-refractivity contribution in [2.75, 3.05) is 12.3 Å². The molecule has 3 atom stereocenters. The lowest BCUT2D eigenvalue weighted by Crippen LogP contribution is -2.36. The third-order valence-corrected chi connectivity index (χ3v) is 7.98. The topological polar surface area (TPSA) is 29.4 Å². The Balaban J connectivity index is 1.88. The fraction of sp³-hybridized carbons (Fsp3) is 0.846. The Bertz CT molecular complexity index is 404. The number of carbonyl (C=O) groups is 1. The van der Waals surface area contributed by atoms with Crippen LogP contribution in [0.2, 0.25) is 0 Å². The van der Waals surface area contributed by atoms with Crippen molar-refractivity contribution in [1.82, 2.24) is 0 Å². The molecule has 2 saturated carbocycles. The minimum Gasteiger partial charge on any atom is -0.298 e. The molecule has 0 N–H and O–H groups in total. The maximum absolute atomic E-state index is 12.5. The van der Waals surface area contributed by atoms with Gasteiger partial charge in [0.25, 0.3) is 0 Å². The molecular weight excluding hydrogens is 250 g/mol. The molecule has 2 aliphatic carbocycles. The number of carbonyl (C=O) groups excluding carboxylic acids is 1. The largest absolute Gasteiger partial charge is 0.298 e. The molecule has 94 valence electrons. The van der Waals surface area contributed by atoms with Crippen molar-refractivity contribution in [3.63, 3.8) is 0 Å². The molecule has 3 aliphatic rings. The van der Waals surface area contributed by atoms with Crippen LogP contribution in [0.1, 0.15) is 33.6 Å². The van der Waals surface area contributed by atoms with Crippen LogP contribution >= 0.6 is 23.5 Å². The van der Waals surface area contributed by atoms with Gasteiger partial charge in [-0.3, -0.25) is 9.79 Å². The molecule has 0 aromatic heterocycles. The monoisotopic (exact) mass is 269 g/mol. The number of hydrogen-bond donors (Lipinski definition) is 0. The van der Waals surface area contributed by atoms with Gasteiger partial charge in [-0.05, 0) is 23.7 Å². The molecule has 0 aromatic carbocycles. The zero-order valence-electron chi connectivity index (χ0n) is 10.7. The molecule has 2 bridgehead atoms. The van der Waals surface area contributed by atoms with Gasteiger partial charge < -0.3 is 0 Å². The predicted octanol–water partition coefficient (Wildman–Crippen LogP) is 3.22. The van der Waals surface area contributed by atoms with Gasteiger partial charge in [0.1, 0.15) is 10.2 Å². The van der Waals surface area contributed by atoms with Gasteiger partial charge in [0.15, 0.2) is 0 Å². The standard InChI is InChI=1S/C13H19NOS2/c1-12(2)8-4-5-13(12,3)10(9(8)15)17-11-14-6-7-16-11/h8,10H,4-7H2,1-3H3/t8-,10-,13-/m0/s1. The van der Waals surface area contributed by atoms with Crippen molar-refractivity contribution < 1.29 is 4.79 Å². The van der Waals surface area contributed by atoms with E-state index in [9.17, 15) is 4.79 Å². The van der Waals surface area contributed by atoms with Gasteiger partial charge in [-0.15, -0.1) is 0 Å². The summed E-state index contributed by atoms with van der Waals surface area (Å²) in [6.45, 7) is 7.81. The van der Waals surface area contributed by atoms with Crippen LogP contribution in [0.15, 0.2) is 4.99 Å². The normalized spacial score (nSPS) is 43.2. The second-order valence-corrected chi connectivity index (χ2v) is 8.56. The summed E-state index contributed by atoms with van der Waals surface area (Å²) in [5.41, 5.74) is 0.344. The SMILES string of the molecule is CC1(C)[C@H]2CC[C@@]1(C)[C@@H](SC1=NCCS1)C2=O. The lowest BCUT2D eigenvalue weighted by atomic mass is 9.71. The molecule has 0 spiro atoms. The Morgan fingerprint density at radius 3 is 2.71 bits per heavy atom. The third-order valence-electron chi connectivity index (χ3n) is 5.25. The molecule has 0 unspecified atom stereocenters. The van der Waals surface area contributed by atoms with E-state index in [-0.39, 0.29) is 22.0 Å². The van der Waals surface area contributed by atoms with Crippen molar-refractivity contribution in [2.45, 2.75) is 38.9 Å². The molecule has 0 saturated heterocycles. The summed E-state index contributed by atoms with van der Waals surface area (Å²) in [7, 11) is 0. The smallest absolute Gasteiger partial charge is 0.150 e. The quantitative estimate of drug-likeness (QED) is 0.732. The second-order valence-electron chi connectivity index (χ2n) is 6.13. The van der Waals surface area contributed by atoms with Crippen LogP contribution in [0.4, 0.5) is 0 Å². The minimum atomic E-state index is 0.153. The van der Waals surface area contributed by atoms with Gasteiger partial charge in [0.05, 0.1) is 11.8 Å². The van der Waals surface area contributed by atoms with E-state index in [1.165, 1.54) is 6.42 Å². The summed E-state index contributed by atoms with van der Waals surface area (Å²) >= 11 is 3.57. The van der Waals surface area contributed by atoms with E-state index in [1.54, 1.807) is 11.8 Å². The highest BCUT2D eigenvalue weighted by molar-refractivity contribution is 8.39. The van der Waals surface area contributed by atoms with Crippen molar-refractivity contribution in [3.8, 4) is 0 Å². The molecule has 1 heterocycles. The van der Waals surface area contributed by atoms with Crippen LogP contribution in [0.3, 0.4) is 0 Å². The average molecular weight is 269 g/mol. The number of nitrogens with zero attached hydrogens (tertiary/aromatic N) is 1. The molecule has 3 rings (SSSR count). The van der Waals surface area contributed by atoms with E-state index < -0.39 is 0 Å². The van der Waals surface area contributed by atoms with Crippen LogP contribution in [-0.4, -0.2) is 27.7 Å². The lowest BCUT2D eigenvalue weighted by Gasteiger charge is -2.37. The van der Waals surface area contributed by atoms with Gasteiger partial charge >= 0.3 is 0 Å². The number of aliphatic imine (C=N–C) groups is 1. The molecule has 4 heteroatoms. The van der Waals surface area contributed by atoms with E-state index in [0.717, 1.165) is 23.1 Å². The van der Waals surface area contributed by atoms with E-state index in [1.807, 2.05) is 11.8 Å². The molecular formula is C13H19NOS2. The van der Waals surface area contributed by atoms with E-state index in [2.05, 4.69) is 25.8 Å². The third kappa shape index (κ3) is 1.49. The Hall–Kier alpha value is 0.0400. The fourth-order valence-corrected chi connectivity index (χ4v) is 6.34. The Morgan fingerprint density at radius 1 is 1.41 bits per heavy atom. The van der Waals surface area contributed by atoms with Gasteiger partial charge in [0, 0.05) is 11.7 Å². The summed E-state index contributed by atoms with van der Waals surface area (Å²) < 4.78 is 1.15. The first kappa shape index (κ1) is 12.1. The maximum atomic E-state index is 12.5. The molecule has 2 fully saturated rings. The van der Waals surface area contributed by atoms with Crippen LogP contribution < -0.4 is 0 Å². The Kier molecular flexibility index (Phi) is 2.68. The number of fused-ring (bicyclic) bond motifs is 2. The Labute approximate surface area is 111 Å². The van der Waals surface area contributed by atoms with Crippen molar-refractivity contribution in [2.24, 2.45) is 21.7 Å². The summed E-state index contributed by atoms with van der Waals surface area (Å²) in [5.74, 6) is 1.87. The zero-order valence-corrected chi connectivity index (χ0v) is 12.3. The molecule has 2 nitrogen and oxygen atoms in total. The van der Waals surface area contributed by atoms with Gasteiger partial charge in [-0.1, -0.05) is 44.3 Å². The minimum absolute atomic E-state index is 0.153. The second kappa shape index (κ2) is 3.77. The highest BCUT2D eigenvalue weighted by Crippen LogP contribution is 2.66. The number of rotatable bonds is 1. The maximum Gasteiger partial charge on any atom is 0.150 e. The number of thioether (sulfide) groups is 2. The number of ketones is 1. The van der Waals surface area contributed by atoms with Gasteiger partial charge in [-0.25, -0.2) is 0 Å². The highest BCUT2D eigenvalue weighted by atomic mass is 32.2. The fourth-order valence-electron chi connectivity index (χ4n) is 3.66. The van der Waals surface area contributed by atoms with E-state index in [4.69, 9.17) is 0 Å². The van der Waals surface area contributed by atoms with Gasteiger partial charge in [0.2, 0.25) is 0 Å². The molecule has 1 aliphatic heterocycles. The summed E-state index contributed by atoms with van der Waals surface area (Å²) in [5, 5.41) is 0.153. The van der Waals surface area contributed by atoms with Crippen LogP contribution in [0, 0.1) is 16.7 Å². The first-order chi connectivity index (χ1) is 7.97. The number of hydrogen-bond acceptors (Lipinski definition) is 4.